The predicted molar refractivity (Wildman–Crippen MR) is 111 cm³/mol. The van der Waals surface area contributed by atoms with Crippen molar-refractivity contribution in [2.75, 3.05) is 0 Å². The molecule has 0 amide bonds. The fourth-order valence-corrected chi connectivity index (χ4v) is 4.50. The van der Waals surface area contributed by atoms with E-state index in [2.05, 4.69) is 24.9 Å². The summed E-state index contributed by atoms with van der Waals surface area (Å²) in [5.74, 6) is 1.14. The topological polar surface area (TPSA) is 78.4 Å². The number of nitrogens with zero attached hydrogens (tertiary/aromatic N) is 3. The standard InChI is InChI=1S/C24H23N3O2/c1-15-8-20(9-16(2)28-15)24-12-22(27-14-26)21-11-19(6-7-23(21)29-24)18-5-3-4-17(10-18)13-25/h3-7,10-11,15-16,20,24H,8-9,12H2,1-2H3. The summed E-state index contributed by atoms with van der Waals surface area (Å²) in [5, 5.41) is 18.4. The van der Waals surface area contributed by atoms with Crippen LogP contribution in [0.15, 0.2) is 47.5 Å². The zero-order valence-electron chi connectivity index (χ0n) is 16.6. The number of nitriles is 2. The van der Waals surface area contributed by atoms with E-state index in [0.717, 1.165) is 41.0 Å². The van der Waals surface area contributed by atoms with E-state index >= 15 is 0 Å². The fourth-order valence-electron chi connectivity index (χ4n) is 4.50. The molecule has 2 aliphatic heterocycles. The minimum atomic E-state index is -0.00355. The first-order chi connectivity index (χ1) is 14.1. The molecule has 2 heterocycles. The number of hydrogen-bond acceptors (Lipinski definition) is 5. The van der Waals surface area contributed by atoms with Gasteiger partial charge in [0.15, 0.2) is 0 Å². The Bertz CT molecular complexity index is 1020. The average Bonchev–Trinajstić information content (AvgIpc) is 2.73. The maximum atomic E-state index is 9.25. The molecule has 0 aromatic heterocycles. The molecule has 29 heavy (non-hydrogen) atoms. The van der Waals surface area contributed by atoms with Crippen LogP contribution in [0.2, 0.25) is 0 Å². The summed E-state index contributed by atoms with van der Waals surface area (Å²) in [4.78, 5) is 4.14. The molecule has 0 spiro atoms. The molecule has 2 aromatic carbocycles. The number of hydrogen-bond donors (Lipinski definition) is 0. The largest absolute Gasteiger partial charge is 0.489 e. The highest BCUT2D eigenvalue weighted by molar-refractivity contribution is 6.05. The van der Waals surface area contributed by atoms with Gasteiger partial charge in [-0.05, 0) is 62.1 Å². The minimum Gasteiger partial charge on any atom is -0.489 e. The summed E-state index contributed by atoms with van der Waals surface area (Å²) < 4.78 is 12.3. The molecule has 1 fully saturated rings. The summed E-state index contributed by atoms with van der Waals surface area (Å²) in [6.45, 7) is 4.21. The average molecular weight is 385 g/mol. The van der Waals surface area contributed by atoms with E-state index in [4.69, 9.17) is 14.7 Å². The SMILES string of the molecule is CC1CC(C2CC(=NC#N)c3cc(-c4cccc(C#N)c4)ccc3O2)CC(C)O1. The van der Waals surface area contributed by atoms with Gasteiger partial charge in [0.2, 0.25) is 6.19 Å². The van der Waals surface area contributed by atoms with Crippen LogP contribution >= 0.6 is 0 Å². The van der Waals surface area contributed by atoms with E-state index in [-0.39, 0.29) is 18.3 Å². The monoisotopic (exact) mass is 385 g/mol. The van der Waals surface area contributed by atoms with Crippen molar-refractivity contribution in [2.45, 2.75) is 51.4 Å². The molecule has 5 nitrogen and oxygen atoms in total. The Kier molecular flexibility index (Phi) is 5.34. The summed E-state index contributed by atoms with van der Waals surface area (Å²) >= 11 is 0. The van der Waals surface area contributed by atoms with E-state index in [9.17, 15) is 5.26 Å². The molecule has 0 bridgehead atoms. The molecule has 0 radical (unpaired) electrons. The second-order valence-electron chi connectivity index (χ2n) is 7.91. The Hall–Kier alpha value is -3.15. The van der Waals surface area contributed by atoms with Crippen LogP contribution in [0.4, 0.5) is 0 Å². The van der Waals surface area contributed by atoms with Crippen LogP contribution in [-0.4, -0.2) is 24.0 Å². The third-order valence-electron chi connectivity index (χ3n) is 5.73. The zero-order chi connectivity index (χ0) is 20.4. The molecular formula is C24H23N3O2. The Morgan fingerprint density at radius 1 is 1.00 bits per heavy atom. The Morgan fingerprint density at radius 2 is 1.76 bits per heavy atom. The molecule has 0 N–H and O–H groups in total. The van der Waals surface area contributed by atoms with Crippen LogP contribution in [-0.2, 0) is 4.74 Å². The van der Waals surface area contributed by atoms with E-state index in [1.807, 2.05) is 42.6 Å². The van der Waals surface area contributed by atoms with Gasteiger partial charge in [-0.3, -0.25) is 0 Å². The lowest BCUT2D eigenvalue weighted by atomic mass is 9.83. The van der Waals surface area contributed by atoms with Crippen molar-refractivity contribution in [3.8, 4) is 29.1 Å². The first-order valence-electron chi connectivity index (χ1n) is 10.00. The molecule has 1 saturated heterocycles. The molecule has 5 heteroatoms. The molecule has 2 aromatic rings. The summed E-state index contributed by atoms with van der Waals surface area (Å²) in [6, 6.07) is 15.6. The minimum absolute atomic E-state index is 0.00355. The van der Waals surface area contributed by atoms with Gasteiger partial charge in [-0.2, -0.15) is 15.5 Å². The lowest BCUT2D eigenvalue weighted by molar-refractivity contribution is -0.0736. The Balaban J connectivity index is 1.67. The van der Waals surface area contributed by atoms with Gasteiger partial charge in [-0.1, -0.05) is 18.2 Å². The van der Waals surface area contributed by atoms with Gasteiger partial charge in [0.05, 0.1) is 29.6 Å². The van der Waals surface area contributed by atoms with Crippen LogP contribution < -0.4 is 4.74 Å². The van der Waals surface area contributed by atoms with Gasteiger partial charge in [-0.25, -0.2) is 0 Å². The van der Waals surface area contributed by atoms with Gasteiger partial charge in [0.25, 0.3) is 0 Å². The number of ether oxygens (including phenoxy) is 2. The second-order valence-corrected chi connectivity index (χ2v) is 7.91. The van der Waals surface area contributed by atoms with Crippen molar-refractivity contribution < 1.29 is 9.47 Å². The molecular weight excluding hydrogens is 362 g/mol. The van der Waals surface area contributed by atoms with Crippen molar-refractivity contribution in [3.05, 3.63) is 53.6 Å². The van der Waals surface area contributed by atoms with Gasteiger partial charge in [-0.15, -0.1) is 0 Å². The third kappa shape index (κ3) is 4.01. The second kappa shape index (κ2) is 8.07. The highest BCUT2D eigenvalue weighted by atomic mass is 16.5. The van der Waals surface area contributed by atoms with E-state index in [1.165, 1.54) is 0 Å². The molecule has 3 unspecified atom stereocenters. The van der Waals surface area contributed by atoms with Gasteiger partial charge in [0.1, 0.15) is 11.9 Å². The lowest BCUT2D eigenvalue weighted by Crippen LogP contribution is -2.41. The molecule has 4 rings (SSSR count). The van der Waals surface area contributed by atoms with E-state index in [0.29, 0.717) is 17.9 Å². The third-order valence-corrected chi connectivity index (χ3v) is 5.73. The van der Waals surface area contributed by atoms with E-state index < -0.39 is 0 Å². The van der Waals surface area contributed by atoms with Gasteiger partial charge < -0.3 is 9.47 Å². The summed E-state index contributed by atoms with van der Waals surface area (Å²) in [6.07, 6.45) is 4.89. The smallest absolute Gasteiger partial charge is 0.205 e. The molecule has 3 atom stereocenters. The fraction of sp³-hybridized carbons (Fsp3) is 0.375. The van der Waals surface area contributed by atoms with Crippen molar-refractivity contribution in [2.24, 2.45) is 10.9 Å². The Morgan fingerprint density at radius 3 is 2.48 bits per heavy atom. The highest BCUT2D eigenvalue weighted by Crippen LogP contribution is 2.38. The number of fused-ring (bicyclic) bond motifs is 1. The van der Waals surface area contributed by atoms with Crippen LogP contribution in [0, 0.1) is 28.7 Å². The first kappa shape index (κ1) is 19.2. The number of benzene rings is 2. The summed E-state index contributed by atoms with van der Waals surface area (Å²) in [5.41, 5.74) is 4.17. The summed E-state index contributed by atoms with van der Waals surface area (Å²) in [7, 11) is 0. The maximum absolute atomic E-state index is 9.25. The van der Waals surface area contributed by atoms with Crippen LogP contribution in [0.25, 0.3) is 11.1 Å². The van der Waals surface area contributed by atoms with Crippen molar-refractivity contribution in [3.63, 3.8) is 0 Å². The predicted octanol–water partition coefficient (Wildman–Crippen LogP) is 4.85. The number of rotatable bonds is 2. The van der Waals surface area contributed by atoms with Crippen molar-refractivity contribution >= 4 is 5.71 Å². The van der Waals surface area contributed by atoms with Crippen LogP contribution in [0.3, 0.4) is 0 Å². The quantitative estimate of drug-likeness (QED) is 0.692. The zero-order valence-corrected chi connectivity index (χ0v) is 16.6. The van der Waals surface area contributed by atoms with Gasteiger partial charge in [0, 0.05) is 17.9 Å². The number of aliphatic imine (C=N–C) groups is 1. The van der Waals surface area contributed by atoms with E-state index in [1.54, 1.807) is 6.07 Å². The Labute approximate surface area is 171 Å². The van der Waals surface area contributed by atoms with Crippen molar-refractivity contribution in [1.82, 2.24) is 0 Å². The van der Waals surface area contributed by atoms with Crippen LogP contribution in [0.1, 0.15) is 44.2 Å². The first-order valence-corrected chi connectivity index (χ1v) is 10.00. The van der Waals surface area contributed by atoms with Gasteiger partial charge >= 0.3 is 0 Å². The maximum Gasteiger partial charge on any atom is 0.205 e. The lowest BCUT2D eigenvalue weighted by Gasteiger charge is -2.39. The normalized spacial score (nSPS) is 27.4. The molecule has 0 saturated carbocycles. The highest BCUT2D eigenvalue weighted by Gasteiger charge is 2.36. The molecule has 146 valence electrons. The molecule has 2 aliphatic rings. The van der Waals surface area contributed by atoms with Crippen molar-refractivity contribution in [1.29, 1.82) is 10.5 Å². The van der Waals surface area contributed by atoms with Crippen LogP contribution in [0.5, 0.6) is 5.75 Å². The molecule has 0 aliphatic carbocycles.